The van der Waals surface area contributed by atoms with E-state index in [1.807, 2.05) is 0 Å². The quantitative estimate of drug-likeness (QED) is 0.547. The van der Waals surface area contributed by atoms with Gasteiger partial charge in [0.1, 0.15) is 0 Å². The molecule has 0 aromatic rings. The van der Waals surface area contributed by atoms with Crippen LogP contribution in [0.25, 0.3) is 0 Å². The zero-order valence-corrected chi connectivity index (χ0v) is 7.86. The lowest BCUT2D eigenvalue weighted by Gasteiger charge is -2.27. The standard InChI is InChI=1S/C9H15N.ClH/c1-3-4-9-5-7-10(2)8-6-9;/h1,9H,4-8H2,2H3;1H. The highest BCUT2D eigenvalue weighted by molar-refractivity contribution is 5.85. The van der Waals surface area contributed by atoms with Crippen LogP contribution >= 0.6 is 12.4 Å². The summed E-state index contributed by atoms with van der Waals surface area (Å²) in [5.74, 6) is 3.54. The molecular weight excluding hydrogens is 158 g/mol. The topological polar surface area (TPSA) is 3.24 Å². The summed E-state index contributed by atoms with van der Waals surface area (Å²) < 4.78 is 0. The molecule has 64 valence electrons. The number of nitrogens with zero attached hydrogens (tertiary/aromatic N) is 1. The van der Waals surface area contributed by atoms with Crippen molar-refractivity contribution in [3.63, 3.8) is 0 Å². The van der Waals surface area contributed by atoms with Crippen LogP contribution in [0.3, 0.4) is 0 Å². The molecule has 11 heavy (non-hydrogen) atoms. The Morgan fingerprint density at radius 1 is 1.45 bits per heavy atom. The third kappa shape index (κ3) is 3.65. The Morgan fingerprint density at radius 3 is 2.45 bits per heavy atom. The van der Waals surface area contributed by atoms with Crippen LogP contribution in [-0.2, 0) is 0 Å². The molecule has 1 fully saturated rings. The number of rotatable bonds is 1. The molecule has 0 bridgehead atoms. The summed E-state index contributed by atoms with van der Waals surface area (Å²) in [4.78, 5) is 2.37. The fourth-order valence-corrected chi connectivity index (χ4v) is 1.43. The molecule has 0 N–H and O–H groups in total. The van der Waals surface area contributed by atoms with Crippen LogP contribution in [0.4, 0.5) is 0 Å². The summed E-state index contributed by atoms with van der Waals surface area (Å²) in [7, 11) is 2.17. The Balaban J connectivity index is 0.000001000. The second-order valence-corrected chi connectivity index (χ2v) is 3.15. The van der Waals surface area contributed by atoms with Gasteiger partial charge in [-0.2, -0.15) is 0 Å². The van der Waals surface area contributed by atoms with E-state index in [1.165, 1.54) is 25.9 Å². The zero-order valence-electron chi connectivity index (χ0n) is 7.05. The molecule has 0 aliphatic carbocycles. The molecule has 2 heteroatoms. The largest absolute Gasteiger partial charge is 0.306 e. The number of piperidine rings is 1. The second kappa shape index (κ2) is 5.46. The normalized spacial score (nSPS) is 20.4. The van der Waals surface area contributed by atoms with Crippen molar-refractivity contribution in [2.75, 3.05) is 20.1 Å². The van der Waals surface area contributed by atoms with Crippen LogP contribution in [0.5, 0.6) is 0 Å². The van der Waals surface area contributed by atoms with Crippen molar-refractivity contribution < 1.29 is 0 Å². The third-order valence-electron chi connectivity index (χ3n) is 2.24. The van der Waals surface area contributed by atoms with Crippen LogP contribution in [-0.4, -0.2) is 25.0 Å². The Hall–Kier alpha value is -0.190. The van der Waals surface area contributed by atoms with Gasteiger partial charge in [-0.05, 0) is 38.9 Å². The summed E-state index contributed by atoms with van der Waals surface area (Å²) in [5, 5.41) is 0. The van der Waals surface area contributed by atoms with Crippen LogP contribution in [0.15, 0.2) is 0 Å². The zero-order chi connectivity index (χ0) is 7.40. The second-order valence-electron chi connectivity index (χ2n) is 3.15. The van der Waals surface area contributed by atoms with Gasteiger partial charge in [-0.1, -0.05) is 0 Å². The highest BCUT2D eigenvalue weighted by Crippen LogP contribution is 2.18. The molecule has 0 atom stereocenters. The van der Waals surface area contributed by atoms with Gasteiger partial charge in [0.2, 0.25) is 0 Å². The maximum atomic E-state index is 5.23. The molecule has 1 nitrogen and oxygen atoms in total. The minimum Gasteiger partial charge on any atom is -0.306 e. The van der Waals surface area contributed by atoms with E-state index in [4.69, 9.17) is 6.42 Å². The summed E-state index contributed by atoms with van der Waals surface area (Å²) in [6.07, 6.45) is 8.80. The Labute approximate surface area is 75.6 Å². The minimum atomic E-state index is 0. The Bertz CT molecular complexity index is 131. The van der Waals surface area contributed by atoms with Gasteiger partial charge >= 0.3 is 0 Å². The van der Waals surface area contributed by atoms with E-state index in [0.717, 1.165) is 12.3 Å². The molecule has 0 spiro atoms. The fraction of sp³-hybridized carbons (Fsp3) is 0.778. The van der Waals surface area contributed by atoms with Gasteiger partial charge in [-0.25, -0.2) is 0 Å². The van der Waals surface area contributed by atoms with E-state index in [9.17, 15) is 0 Å². The SMILES string of the molecule is C#CCC1CCN(C)CC1.Cl. The van der Waals surface area contributed by atoms with Crippen LogP contribution in [0.1, 0.15) is 19.3 Å². The molecule has 1 aliphatic rings. The van der Waals surface area contributed by atoms with E-state index in [2.05, 4.69) is 17.9 Å². The number of hydrogen-bond donors (Lipinski definition) is 0. The van der Waals surface area contributed by atoms with E-state index in [0.29, 0.717) is 0 Å². The molecule has 1 rings (SSSR count). The van der Waals surface area contributed by atoms with E-state index < -0.39 is 0 Å². The molecule has 0 radical (unpaired) electrons. The number of terminal acetylenes is 1. The van der Waals surface area contributed by atoms with Crippen molar-refractivity contribution in [3.8, 4) is 12.3 Å². The summed E-state index contributed by atoms with van der Waals surface area (Å²) in [6, 6.07) is 0. The van der Waals surface area contributed by atoms with Gasteiger partial charge < -0.3 is 4.90 Å². The van der Waals surface area contributed by atoms with Crippen molar-refractivity contribution >= 4 is 12.4 Å². The van der Waals surface area contributed by atoms with Crippen LogP contribution in [0.2, 0.25) is 0 Å². The summed E-state index contributed by atoms with van der Waals surface area (Å²) in [5.41, 5.74) is 0. The van der Waals surface area contributed by atoms with Crippen molar-refractivity contribution in [3.05, 3.63) is 0 Å². The average molecular weight is 174 g/mol. The highest BCUT2D eigenvalue weighted by atomic mass is 35.5. The highest BCUT2D eigenvalue weighted by Gasteiger charge is 2.14. The molecule has 0 unspecified atom stereocenters. The molecule has 0 aromatic carbocycles. The van der Waals surface area contributed by atoms with Crippen molar-refractivity contribution in [2.45, 2.75) is 19.3 Å². The fourth-order valence-electron chi connectivity index (χ4n) is 1.43. The molecule has 1 heterocycles. The van der Waals surface area contributed by atoms with Crippen molar-refractivity contribution in [1.29, 1.82) is 0 Å². The molecule has 1 aliphatic heterocycles. The first-order chi connectivity index (χ1) is 4.83. The van der Waals surface area contributed by atoms with E-state index in [-0.39, 0.29) is 12.4 Å². The summed E-state index contributed by atoms with van der Waals surface area (Å²) in [6.45, 7) is 2.46. The van der Waals surface area contributed by atoms with Crippen LogP contribution < -0.4 is 0 Å². The molecule has 0 aromatic heterocycles. The average Bonchev–Trinajstić information content (AvgIpc) is 1.95. The van der Waals surface area contributed by atoms with Gasteiger partial charge in [-0.3, -0.25) is 0 Å². The first kappa shape index (κ1) is 10.8. The lowest BCUT2D eigenvalue weighted by Crippen LogP contribution is -2.29. The lowest BCUT2D eigenvalue weighted by atomic mass is 9.94. The smallest absolute Gasteiger partial charge is 0.0115 e. The Kier molecular flexibility index (Phi) is 5.36. The van der Waals surface area contributed by atoms with Gasteiger partial charge in [0.25, 0.3) is 0 Å². The predicted octanol–water partition coefficient (Wildman–Crippen LogP) is 1.77. The molecule has 1 saturated heterocycles. The summed E-state index contributed by atoms with van der Waals surface area (Å²) >= 11 is 0. The van der Waals surface area contributed by atoms with Crippen molar-refractivity contribution in [2.24, 2.45) is 5.92 Å². The lowest BCUT2D eigenvalue weighted by molar-refractivity contribution is 0.222. The number of hydrogen-bond acceptors (Lipinski definition) is 1. The van der Waals surface area contributed by atoms with E-state index >= 15 is 0 Å². The van der Waals surface area contributed by atoms with Gasteiger partial charge in [0.15, 0.2) is 0 Å². The maximum absolute atomic E-state index is 5.23. The monoisotopic (exact) mass is 173 g/mol. The first-order valence-corrected chi connectivity index (χ1v) is 3.95. The van der Waals surface area contributed by atoms with E-state index in [1.54, 1.807) is 0 Å². The maximum Gasteiger partial charge on any atom is 0.0115 e. The molecule has 0 amide bonds. The molecule has 0 saturated carbocycles. The third-order valence-corrected chi connectivity index (χ3v) is 2.24. The minimum absolute atomic E-state index is 0. The van der Waals surface area contributed by atoms with Gasteiger partial charge in [-0.15, -0.1) is 24.8 Å². The van der Waals surface area contributed by atoms with Gasteiger partial charge in [0.05, 0.1) is 0 Å². The first-order valence-electron chi connectivity index (χ1n) is 3.95. The number of halogens is 1. The molecular formula is C9H16ClN. The van der Waals surface area contributed by atoms with Gasteiger partial charge in [0, 0.05) is 6.42 Å². The van der Waals surface area contributed by atoms with Crippen LogP contribution in [0, 0.1) is 18.3 Å². The Morgan fingerprint density at radius 2 is 2.00 bits per heavy atom. The van der Waals surface area contributed by atoms with Crippen molar-refractivity contribution in [1.82, 2.24) is 4.90 Å². The number of likely N-dealkylation sites (tertiary alicyclic amines) is 1. The predicted molar refractivity (Wildman–Crippen MR) is 50.9 cm³/mol.